The Balaban J connectivity index is 3.75. The summed E-state index contributed by atoms with van der Waals surface area (Å²) in [5, 5.41) is 0.988. The summed E-state index contributed by atoms with van der Waals surface area (Å²) in [6, 6.07) is 0. The molecule has 0 saturated carbocycles. The molecule has 0 saturated heterocycles. The molecule has 0 unspecified atom stereocenters. The van der Waals surface area contributed by atoms with E-state index < -0.39 is 0 Å². The van der Waals surface area contributed by atoms with Crippen LogP contribution < -0.4 is 5.84 Å². The third-order valence-corrected chi connectivity index (χ3v) is 0.746. The highest BCUT2D eigenvalue weighted by Crippen LogP contribution is 1.80. The molecule has 0 spiro atoms. The van der Waals surface area contributed by atoms with Gasteiger partial charge in [0, 0.05) is 13.1 Å². The van der Waals surface area contributed by atoms with Crippen molar-refractivity contribution in [2.75, 3.05) is 0 Å². The van der Waals surface area contributed by atoms with Crippen LogP contribution in [0.4, 0.5) is 0 Å². The SMILES string of the molecule is C=C/C=C\N(N)C(C)=O. The Morgan fingerprint density at radius 2 is 2.33 bits per heavy atom. The third kappa shape index (κ3) is 3.49. The van der Waals surface area contributed by atoms with Crippen molar-refractivity contribution in [3.63, 3.8) is 0 Å². The first-order valence-corrected chi connectivity index (χ1v) is 2.52. The van der Waals surface area contributed by atoms with Crippen LogP contribution in [0.15, 0.2) is 24.9 Å². The number of carbonyl (C=O) groups is 1. The van der Waals surface area contributed by atoms with E-state index in [0.717, 1.165) is 5.01 Å². The molecule has 1 amide bonds. The minimum Gasteiger partial charge on any atom is -0.273 e. The predicted octanol–water partition coefficient (Wildman–Crippen LogP) is 0.408. The van der Waals surface area contributed by atoms with E-state index in [9.17, 15) is 4.79 Å². The monoisotopic (exact) mass is 126 g/mol. The van der Waals surface area contributed by atoms with Gasteiger partial charge in [0.05, 0.1) is 0 Å². The number of hydrazine groups is 1. The lowest BCUT2D eigenvalue weighted by Crippen LogP contribution is -2.29. The maximum absolute atomic E-state index is 10.4. The zero-order valence-corrected chi connectivity index (χ0v) is 5.37. The van der Waals surface area contributed by atoms with E-state index >= 15 is 0 Å². The number of amides is 1. The predicted molar refractivity (Wildman–Crippen MR) is 36.0 cm³/mol. The summed E-state index contributed by atoms with van der Waals surface area (Å²) in [5.41, 5.74) is 0. The van der Waals surface area contributed by atoms with Gasteiger partial charge in [-0.1, -0.05) is 12.7 Å². The van der Waals surface area contributed by atoms with Gasteiger partial charge in [-0.15, -0.1) is 0 Å². The molecule has 0 bridgehead atoms. The molecular formula is C6H10N2O. The molecule has 9 heavy (non-hydrogen) atoms. The van der Waals surface area contributed by atoms with Crippen LogP contribution in [-0.4, -0.2) is 10.9 Å². The second-order valence-electron chi connectivity index (χ2n) is 1.50. The molecule has 0 fully saturated rings. The van der Waals surface area contributed by atoms with Crippen molar-refractivity contribution >= 4 is 5.91 Å². The average molecular weight is 126 g/mol. The number of hydrogen-bond donors (Lipinski definition) is 1. The van der Waals surface area contributed by atoms with E-state index in [1.807, 2.05) is 0 Å². The summed E-state index contributed by atoms with van der Waals surface area (Å²) in [7, 11) is 0. The van der Waals surface area contributed by atoms with Gasteiger partial charge >= 0.3 is 0 Å². The molecule has 0 heterocycles. The third-order valence-electron chi connectivity index (χ3n) is 0.746. The lowest BCUT2D eigenvalue weighted by Gasteiger charge is -2.05. The highest BCUT2D eigenvalue weighted by Gasteiger charge is 1.93. The summed E-state index contributed by atoms with van der Waals surface area (Å²) < 4.78 is 0. The Bertz CT molecular complexity index is 140. The Morgan fingerprint density at radius 3 is 2.67 bits per heavy atom. The molecule has 0 aliphatic carbocycles. The number of allylic oxidation sites excluding steroid dienone is 2. The van der Waals surface area contributed by atoms with Crippen molar-refractivity contribution in [1.82, 2.24) is 5.01 Å². The molecule has 0 aromatic heterocycles. The van der Waals surface area contributed by atoms with E-state index in [-0.39, 0.29) is 5.91 Å². The summed E-state index contributed by atoms with van der Waals surface area (Å²) >= 11 is 0. The average Bonchev–Trinajstić information content (AvgIpc) is 1.82. The van der Waals surface area contributed by atoms with Gasteiger partial charge in [-0.3, -0.25) is 9.80 Å². The maximum Gasteiger partial charge on any atom is 0.237 e. The highest BCUT2D eigenvalue weighted by molar-refractivity contribution is 5.73. The van der Waals surface area contributed by atoms with Gasteiger partial charge in [0.2, 0.25) is 5.91 Å². The molecule has 0 atom stereocenters. The number of rotatable bonds is 2. The molecule has 0 aliphatic heterocycles. The smallest absolute Gasteiger partial charge is 0.237 e. The zero-order chi connectivity index (χ0) is 7.28. The van der Waals surface area contributed by atoms with Crippen molar-refractivity contribution in [3.8, 4) is 0 Å². The van der Waals surface area contributed by atoms with Crippen molar-refractivity contribution in [1.29, 1.82) is 0 Å². The number of nitrogens with two attached hydrogens (primary N) is 1. The molecule has 0 aromatic carbocycles. The van der Waals surface area contributed by atoms with Crippen molar-refractivity contribution in [2.24, 2.45) is 5.84 Å². The molecule has 3 heteroatoms. The van der Waals surface area contributed by atoms with Crippen LogP contribution in [-0.2, 0) is 4.79 Å². The van der Waals surface area contributed by atoms with Crippen LogP contribution in [0.25, 0.3) is 0 Å². The van der Waals surface area contributed by atoms with Gasteiger partial charge in [0.25, 0.3) is 0 Å². The second-order valence-corrected chi connectivity index (χ2v) is 1.50. The van der Waals surface area contributed by atoms with Crippen LogP contribution in [0.1, 0.15) is 6.92 Å². The Kier molecular flexibility index (Phi) is 3.39. The fourth-order valence-corrected chi connectivity index (χ4v) is 0.259. The van der Waals surface area contributed by atoms with Gasteiger partial charge in [-0.2, -0.15) is 0 Å². The number of nitrogens with zero attached hydrogens (tertiary/aromatic N) is 1. The number of carbonyl (C=O) groups excluding carboxylic acids is 1. The van der Waals surface area contributed by atoms with E-state index in [1.165, 1.54) is 13.1 Å². The van der Waals surface area contributed by atoms with E-state index in [0.29, 0.717) is 0 Å². The second kappa shape index (κ2) is 3.86. The maximum atomic E-state index is 10.4. The van der Waals surface area contributed by atoms with Crippen LogP contribution >= 0.6 is 0 Å². The van der Waals surface area contributed by atoms with Gasteiger partial charge < -0.3 is 0 Å². The van der Waals surface area contributed by atoms with Gasteiger partial charge in [0.1, 0.15) is 0 Å². The molecule has 0 rings (SSSR count). The number of hydrogen-bond acceptors (Lipinski definition) is 2. The summed E-state index contributed by atoms with van der Waals surface area (Å²) in [4.78, 5) is 10.4. The first kappa shape index (κ1) is 7.91. The van der Waals surface area contributed by atoms with Crippen molar-refractivity contribution < 1.29 is 4.79 Å². The van der Waals surface area contributed by atoms with Crippen LogP contribution in [0.5, 0.6) is 0 Å². The first-order chi connectivity index (χ1) is 4.18. The molecular weight excluding hydrogens is 116 g/mol. The Hall–Kier alpha value is -1.09. The summed E-state index contributed by atoms with van der Waals surface area (Å²) in [6.45, 7) is 4.79. The molecule has 0 aliphatic rings. The molecule has 3 nitrogen and oxygen atoms in total. The molecule has 2 N–H and O–H groups in total. The lowest BCUT2D eigenvalue weighted by atomic mass is 10.5. The van der Waals surface area contributed by atoms with Crippen molar-refractivity contribution in [3.05, 3.63) is 24.9 Å². The standard InChI is InChI=1S/C6H10N2O/c1-3-4-5-8(7)6(2)9/h3-5H,1,7H2,2H3/b5-4-. The Labute approximate surface area is 54.4 Å². The van der Waals surface area contributed by atoms with Gasteiger partial charge in [0.15, 0.2) is 0 Å². The van der Waals surface area contributed by atoms with Crippen molar-refractivity contribution in [2.45, 2.75) is 6.92 Å². The summed E-state index contributed by atoms with van der Waals surface area (Å²) in [5.74, 6) is 4.95. The quantitative estimate of drug-likeness (QED) is 0.252. The first-order valence-electron chi connectivity index (χ1n) is 2.52. The van der Waals surface area contributed by atoms with E-state index in [2.05, 4.69) is 6.58 Å². The van der Waals surface area contributed by atoms with Gasteiger partial charge in [-0.25, -0.2) is 5.84 Å². The zero-order valence-electron chi connectivity index (χ0n) is 5.37. The van der Waals surface area contributed by atoms with Crippen LogP contribution in [0.3, 0.4) is 0 Å². The molecule has 0 radical (unpaired) electrons. The van der Waals surface area contributed by atoms with E-state index in [1.54, 1.807) is 12.2 Å². The van der Waals surface area contributed by atoms with Crippen LogP contribution in [0, 0.1) is 0 Å². The molecule has 50 valence electrons. The highest BCUT2D eigenvalue weighted by atomic mass is 16.2. The molecule has 0 aromatic rings. The minimum atomic E-state index is -0.201. The topological polar surface area (TPSA) is 46.3 Å². The van der Waals surface area contributed by atoms with Gasteiger partial charge in [-0.05, 0) is 6.08 Å². The largest absolute Gasteiger partial charge is 0.273 e. The van der Waals surface area contributed by atoms with Crippen LogP contribution in [0.2, 0.25) is 0 Å². The fourth-order valence-electron chi connectivity index (χ4n) is 0.259. The van der Waals surface area contributed by atoms with E-state index in [4.69, 9.17) is 5.84 Å². The minimum absolute atomic E-state index is 0.201. The normalized spacial score (nSPS) is 9.56. The summed E-state index contributed by atoms with van der Waals surface area (Å²) in [6.07, 6.45) is 4.57. The Morgan fingerprint density at radius 1 is 1.78 bits per heavy atom. The fraction of sp³-hybridized carbons (Fsp3) is 0.167. The lowest BCUT2D eigenvalue weighted by molar-refractivity contribution is -0.126.